The monoisotopic (exact) mass is 152 g/mol. The maximum Gasteiger partial charge on any atom is 0.102 e. The summed E-state index contributed by atoms with van der Waals surface area (Å²) in [6.45, 7) is 4.35. The number of hydrogen-bond donors (Lipinski definition) is 0. The first-order valence-electron chi connectivity index (χ1n) is 2.54. The highest BCUT2D eigenvalue weighted by atomic mass is 33.1. The molecule has 0 fully saturated rings. The van der Waals surface area contributed by atoms with E-state index in [0.29, 0.717) is 5.25 Å². The smallest absolute Gasteiger partial charge is 0.102 e. The van der Waals surface area contributed by atoms with Gasteiger partial charge in [-0.3, -0.25) is 0 Å². The molecule has 3 heteroatoms. The van der Waals surface area contributed by atoms with E-state index in [2.05, 4.69) is 13.8 Å². The zero-order valence-electron chi connectivity index (χ0n) is 5.51. The van der Waals surface area contributed by atoms with Gasteiger partial charge in [-0.2, -0.15) is 0 Å². The van der Waals surface area contributed by atoms with Crippen LogP contribution in [0.2, 0.25) is 0 Å². The van der Waals surface area contributed by atoms with Crippen LogP contribution in [0.4, 0.5) is 0 Å². The molecule has 1 nitrogen and oxygen atoms in total. The quantitative estimate of drug-likeness (QED) is 0.348. The molecule has 0 unspecified atom stereocenters. The lowest BCUT2D eigenvalue weighted by Gasteiger charge is -2.00. The van der Waals surface area contributed by atoms with E-state index in [0.717, 1.165) is 5.94 Å². The summed E-state index contributed by atoms with van der Waals surface area (Å²) in [5.41, 5.74) is 0. The molecule has 0 aromatic heterocycles. The molecular weight excluding hydrogens is 140 g/mol. The van der Waals surface area contributed by atoms with Crippen LogP contribution in [0.15, 0.2) is 0 Å². The highest BCUT2D eigenvalue weighted by Gasteiger charge is 1.91. The largest absolute Gasteiger partial charge is 0.373 e. The molecule has 50 valence electrons. The predicted molar refractivity (Wildman–Crippen MR) is 42.2 cm³/mol. The van der Waals surface area contributed by atoms with E-state index in [9.17, 15) is 0 Å². The number of methoxy groups -OCH3 is 1. The molecular formula is C5H12OS2. The second kappa shape index (κ2) is 5.79. The van der Waals surface area contributed by atoms with Crippen molar-refractivity contribution in [3.8, 4) is 0 Å². The molecule has 0 N–H and O–H groups in total. The molecule has 0 radical (unpaired) electrons. The van der Waals surface area contributed by atoms with Gasteiger partial charge in [0, 0.05) is 12.4 Å². The summed E-state index contributed by atoms with van der Waals surface area (Å²) < 4.78 is 4.83. The van der Waals surface area contributed by atoms with Gasteiger partial charge < -0.3 is 4.74 Å². The standard InChI is InChI=1S/C5H12OS2/c1-5(2)8-7-4-6-3/h5H,4H2,1-3H3. The lowest BCUT2D eigenvalue weighted by molar-refractivity contribution is 0.260. The number of rotatable bonds is 4. The molecule has 0 saturated carbocycles. The van der Waals surface area contributed by atoms with Crippen LogP contribution in [0, 0.1) is 0 Å². The average molecular weight is 152 g/mol. The fraction of sp³-hybridized carbons (Fsp3) is 1.00. The van der Waals surface area contributed by atoms with Gasteiger partial charge in [-0.25, -0.2) is 0 Å². The first kappa shape index (κ1) is 8.66. The zero-order chi connectivity index (χ0) is 6.41. The van der Waals surface area contributed by atoms with Gasteiger partial charge >= 0.3 is 0 Å². The molecule has 0 aromatic carbocycles. The Kier molecular flexibility index (Phi) is 6.27. The molecule has 0 rings (SSSR count). The average Bonchev–Trinajstić information content (AvgIpc) is 1.66. The first-order chi connectivity index (χ1) is 3.77. The van der Waals surface area contributed by atoms with E-state index >= 15 is 0 Å². The van der Waals surface area contributed by atoms with Crippen molar-refractivity contribution in [3.63, 3.8) is 0 Å². The van der Waals surface area contributed by atoms with Crippen LogP contribution in [-0.2, 0) is 4.74 Å². The Bertz CT molecular complexity index is 47.7. The Morgan fingerprint density at radius 3 is 2.50 bits per heavy atom. The van der Waals surface area contributed by atoms with Gasteiger partial charge in [0.1, 0.15) is 5.94 Å². The normalized spacial score (nSPS) is 10.5. The minimum Gasteiger partial charge on any atom is -0.373 e. The summed E-state index contributed by atoms with van der Waals surface area (Å²) in [5, 5.41) is 0.704. The van der Waals surface area contributed by atoms with Gasteiger partial charge in [-0.1, -0.05) is 35.4 Å². The predicted octanol–water partition coefficient (Wildman–Crippen LogP) is 2.38. The van der Waals surface area contributed by atoms with Crippen molar-refractivity contribution in [1.29, 1.82) is 0 Å². The maximum atomic E-state index is 4.83. The van der Waals surface area contributed by atoms with E-state index in [1.807, 2.05) is 10.8 Å². The van der Waals surface area contributed by atoms with E-state index in [4.69, 9.17) is 4.74 Å². The topological polar surface area (TPSA) is 9.23 Å². The maximum absolute atomic E-state index is 4.83. The van der Waals surface area contributed by atoms with Crippen LogP contribution in [0.5, 0.6) is 0 Å². The fourth-order valence-electron chi connectivity index (χ4n) is 0.212. The number of hydrogen-bond acceptors (Lipinski definition) is 3. The molecule has 0 aliphatic rings. The van der Waals surface area contributed by atoms with Gasteiger partial charge in [0.2, 0.25) is 0 Å². The van der Waals surface area contributed by atoms with Crippen LogP contribution in [-0.4, -0.2) is 18.3 Å². The Morgan fingerprint density at radius 1 is 1.50 bits per heavy atom. The minimum atomic E-state index is 0.704. The van der Waals surface area contributed by atoms with Gasteiger partial charge in [0.25, 0.3) is 0 Å². The Hall–Kier alpha value is 0.660. The Morgan fingerprint density at radius 2 is 2.12 bits per heavy atom. The first-order valence-corrected chi connectivity index (χ1v) is 4.92. The van der Waals surface area contributed by atoms with Crippen molar-refractivity contribution in [3.05, 3.63) is 0 Å². The fourth-order valence-corrected chi connectivity index (χ4v) is 1.91. The van der Waals surface area contributed by atoms with Crippen LogP contribution >= 0.6 is 21.6 Å². The second-order valence-corrected chi connectivity index (χ2v) is 4.56. The molecule has 8 heavy (non-hydrogen) atoms. The molecule has 0 amide bonds. The summed E-state index contributed by atoms with van der Waals surface area (Å²) in [6, 6.07) is 0. The summed E-state index contributed by atoms with van der Waals surface area (Å²) in [7, 11) is 5.32. The molecule has 0 spiro atoms. The van der Waals surface area contributed by atoms with Crippen molar-refractivity contribution in [2.24, 2.45) is 0 Å². The van der Waals surface area contributed by atoms with Crippen LogP contribution in [0.25, 0.3) is 0 Å². The molecule has 0 bridgehead atoms. The van der Waals surface area contributed by atoms with Crippen molar-refractivity contribution in [2.45, 2.75) is 19.1 Å². The van der Waals surface area contributed by atoms with Gasteiger partial charge in [-0.15, -0.1) is 0 Å². The van der Waals surface area contributed by atoms with Gasteiger partial charge in [0.05, 0.1) is 0 Å². The summed E-state index contributed by atoms with van der Waals surface area (Å²) in [5.74, 6) is 0.794. The number of ether oxygens (including phenoxy) is 1. The van der Waals surface area contributed by atoms with E-state index in [1.165, 1.54) is 0 Å². The third kappa shape index (κ3) is 6.66. The summed E-state index contributed by atoms with van der Waals surface area (Å²) in [4.78, 5) is 0. The SMILES string of the molecule is COCSSC(C)C. The van der Waals surface area contributed by atoms with E-state index in [1.54, 1.807) is 17.9 Å². The second-order valence-electron chi connectivity index (χ2n) is 1.67. The summed E-state index contributed by atoms with van der Waals surface area (Å²) >= 11 is 0. The van der Waals surface area contributed by atoms with E-state index in [-0.39, 0.29) is 0 Å². The highest BCUT2D eigenvalue weighted by molar-refractivity contribution is 8.76. The van der Waals surface area contributed by atoms with Crippen molar-refractivity contribution < 1.29 is 4.74 Å². The van der Waals surface area contributed by atoms with Gasteiger partial charge in [-0.05, 0) is 0 Å². The van der Waals surface area contributed by atoms with E-state index < -0.39 is 0 Å². The third-order valence-corrected chi connectivity index (χ3v) is 3.13. The molecule has 0 aromatic rings. The molecule has 0 heterocycles. The lowest BCUT2D eigenvalue weighted by Crippen LogP contribution is -1.83. The van der Waals surface area contributed by atoms with Crippen molar-refractivity contribution in [1.82, 2.24) is 0 Å². The summed E-state index contributed by atoms with van der Waals surface area (Å²) in [6.07, 6.45) is 0. The molecule has 0 saturated heterocycles. The molecule has 0 aliphatic heterocycles. The van der Waals surface area contributed by atoms with Crippen molar-refractivity contribution in [2.75, 3.05) is 13.0 Å². The molecule has 0 aliphatic carbocycles. The lowest BCUT2D eigenvalue weighted by atomic mass is 10.6. The Balaban J connectivity index is 2.72. The third-order valence-electron chi connectivity index (χ3n) is 0.426. The van der Waals surface area contributed by atoms with Gasteiger partial charge in [0.15, 0.2) is 0 Å². The van der Waals surface area contributed by atoms with Crippen molar-refractivity contribution >= 4 is 21.6 Å². The zero-order valence-corrected chi connectivity index (χ0v) is 7.14. The Labute approximate surface area is 59.0 Å². The highest BCUT2D eigenvalue weighted by Crippen LogP contribution is 2.25. The minimum absolute atomic E-state index is 0.704. The van der Waals surface area contributed by atoms with Crippen LogP contribution in [0.3, 0.4) is 0 Å². The van der Waals surface area contributed by atoms with Crippen LogP contribution in [0.1, 0.15) is 13.8 Å². The molecule has 0 atom stereocenters. The van der Waals surface area contributed by atoms with Crippen LogP contribution < -0.4 is 0 Å².